The minimum absolute atomic E-state index is 0.407. The van der Waals surface area contributed by atoms with E-state index in [0.29, 0.717) is 11.3 Å². The van der Waals surface area contributed by atoms with Crippen molar-refractivity contribution in [3.63, 3.8) is 0 Å². The Kier molecular flexibility index (Phi) is 1.84. The summed E-state index contributed by atoms with van der Waals surface area (Å²) in [6.07, 6.45) is 4.66. The van der Waals surface area contributed by atoms with Crippen LogP contribution in [-0.2, 0) is 4.79 Å². The molecule has 3 nitrogen and oxygen atoms in total. The molecule has 1 amide bonds. The van der Waals surface area contributed by atoms with Crippen LogP contribution in [0.1, 0.15) is 25.7 Å². The summed E-state index contributed by atoms with van der Waals surface area (Å²) in [5.74, 6) is 1.14. The molecule has 3 aliphatic rings. The molecule has 78 valence electrons. The Morgan fingerprint density at radius 1 is 1.43 bits per heavy atom. The van der Waals surface area contributed by atoms with Crippen LogP contribution in [0.5, 0.6) is 0 Å². The zero-order chi connectivity index (χ0) is 9.60. The third kappa shape index (κ3) is 1.44. The maximum absolute atomic E-state index is 11.7. The standard InChI is InChI=1S/C11H18N2O/c14-10(5-9-1-2-9)13-7-11(8-13)3-4-12-6-11/h9,12H,1-8H2. The molecule has 2 heterocycles. The van der Waals surface area contributed by atoms with Crippen LogP contribution in [0.4, 0.5) is 0 Å². The molecule has 3 fully saturated rings. The molecule has 3 rings (SSSR count). The van der Waals surface area contributed by atoms with Crippen molar-refractivity contribution in [3.8, 4) is 0 Å². The highest BCUT2D eigenvalue weighted by Gasteiger charge is 2.47. The lowest BCUT2D eigenvalue weighted by molar-refractivity contribution is -0.142. The largest absolute Gasteiger partial charge is 0.341 e. The maximum atomic E-state index is 11.7. The van der Waals surface area contributed by atoms with Crippen LogP contribution in [-0.4, -0.2) is 37.0 Å². The van der Waals surface area contributed by atoms with Gasteiger partial charge in [-0.25, -0.2) is 0 Å². The summed E-state index contributed by atoms with van der Waals surface area (Å²) in [7, 11) is 0. The maximum Gasteiger partial charge on any atom is 0.222 e. The van der Waals surface area contributed by atoms with Crippen LogP contribution in [0.25, 0.3) is 0 Å². The van der Waals surface area contributed by atoms with Gasteiger partial charge >= 0.3 is 0 Å². The number of carbonyl (C=O) groups is 1. The van der Waals surface area contributed by atoms with Crippen molar-refractivity contribution in [2.24, 2.45) is 11.3 Å². The Labute approximate surface area is 84.8 Å². The number of nitrogens with zero attached hydrogens (tertiary/aromatic N) is 1. The molecule has 1 aliphatic carbocycles. The van der Waals surface area contributed by atoms with Gasteiger partial charge in [-0.3, -0.25) is 4.79 Å². The lowest BCUT2D eigenvalue weighted by Crippen LogP contribution is -2.59. The Hall–Kier alpha value is -0.570. The Morgan fingerprint density at radius 3 is 2.79 bits per heavy atom. The molecule has 2 saturated heterocycles. The van der Waals surface area contributed by atoms with Crippen molar-refractivity contribution >= 4 is 5.91 Å². The summed E-state index contributed by atoms with van der Waals surface area (Å²) < 4.78 is 0. The lowest BCUT2D eigenvalue weighted by atomic mass is 9.79. The quantitative estimate of drug-likeness (QED) is 0.698. The molecular formula is C11H18N2O. The first-order chi connectivity index (χ1) is 6.77. The molecule has 1 N–H and O–H groups in total. The number of hydrogen-bond donors (Lipinski definition) is 1. The summed E-state index contributed by atoms with van der Waals surface area (Å²) in [4.78, 5) is 13.8. The van der Waals surface area contributed by atoms with Gasteiger partial charge < -0.3 is 10.2 Å². The predicted molar refractivity (Wildman–Crippen MR) is 53.8 cm³/mol. The van der Waals surface area contributed by atoms with Crippen molar-refractivity contribution in [2.75, 3.05) is 26.2 Å². The van der Waals surface area contributed by atoms with Crippen LogP contribution in [0, 0.1) is 11.3 Å². The molecule has 14 heavy (non-hydrogen) atoms. The molecular weight excluding hydrogens is 176 g/mol. The average molecular weight is 194 g/mol. The highest BCUT2D eigenvalue weighted by molar-refractivity contribution is 5.77. The molecule has 0 bridgehead atoms. The van der Waals surface area contributed by atoms with Crippen LogP contribution in [0.15, 0.2) is 0 Å². The van der Waals surface area contributed by atoms with Gasteiger partial charge in [-0.1, -0.05) is 0 Å². The third-order valence-corrected chi connectivity index (χ3v) is 3.90. The van der Waals surface area contributed by atoms with Crippen LogP contribution < -0.4 is 5.32 Å². The topological polar surface area (TPSA) is 32.3 Å². The molecule has 2 aliphatic heterocycles. The molecule has 1 spiro atoms. The Balaban J connectivity index is 1.50. The second kappa shape index (κ2) is 2.96. The normalized spacial score (nSPS) is 29.3. The fraction of sp³-hybridized carbons (Fsp3) is 0.909. The van der Waals surface area contributed by atoms with Gasteiger partial charge in [0.15, 0.2) is 0 Å². The van der Waals surface area contributed by atoms with Crippen LogP contribution in [0.3, 0.4) is 0 Å². The van der Waals surface area contributed by atoms with E-state index in [1.54, 1.807) is 0 Å². The minimum Gasteiger partial charge on any atom is -0.341 e. The van der Waals surface area contributed by atoms with E-state index in [0.717, 1.165) is 38.5 Å². The third-order valence-electron chi connectivity index (χ3n) is 3.90. The molecule has 0 radical (unpaired) electrons. The van der Waals surface area contributed by atoms with Crippen molar-refractivity contribution in [2.45, 2.75) is 25.7 Å². The number of hydrogen-bond acceptors (Lipinski definition) is 2. The number of likely N-dealkylation sites (tertiary alicyclic amines) is 1. The summed E-state index contributed by atoms with van der Waals surface area (Å²) in [5, 5.41) is 3.39. The predicted octanol–water partition coefficient (Wildman–Crippen LogP) is 0.608. The Morgan fingerprint density at radius 2 is 2.21 bits per heavy atom. The summed E-state index contributed by atoms with van der Waals surface area (Å²) in [6, 6.07) is 0. The Bertz CT molecular complexity index is 246. The molecule has 0 aromatic rings. The van der Waals surface area contributed by atoms with Crippen molar-refractivity contribution < 1.29 is 4.79 Å². The van der Waals surface area contributed by atoms with Gasteiger partial charge in [0, 0.05) is 31.5 Å². The average Bonchev–Trinajstić information content (AvgIpc) is 2.79. The van der Waals surface area contributed by atoms with Crippen molar-refractivity contribution in [1.82, 2.24) is 10.2 Å². The van der Waals surface area contributed by atoms with Gasteiger partial charge in [0.2, 0.25) is 5.91 Å². The zero-order valence-electron chi connectivity index (χ0n) is 8.59. The van der Waals surface area contributed by atoms with E-state index < -0.39 is 0 Å². The van der Waals surface area contributed by atoms with Gasteiger partial charge in [-0.05, 0) is 31.7 Å². The molecule has 3 heteroatoms. The first-order valence-electron chi connectivity index (χ1n) is 5.76. The molecule has 0 aromatic heterocycles. The zero-order valence-corrected chi connectivity index (χ0v) is 8.59. The van der Waals surface area contributed by atoms with E-state index in [4.69, 9.17) is 0 Å². The van der Waals surface area contributed by atoms with Crippen molar-refractivity contribution in [3.05, 3.63) is 0 Å². The number of amides is 1. The van der Waals surface area contributed by atoms with Gasteiger partial charge in [-0.2, -0.15) is 0 Å². The first kappa shape index (κ1) is 8.72. The van der Waals surface area contributed by atoms with Crippen molar-refractivity contribution in [1.29, 1.82) is 0 Å². The highest BCUT2D eigenvalue weighted by Crippen LogP contribution is 2.38. The molecule has 0 aromatic carbocycles. The molecule has 0 atom stereocenters. The fourth-order valence-corrected chi connectivity index (χ4v) is 2.70. The van der Waals surface area contributed by atoms with E-state index in [-0.39, 0.29) is 0 Å². The summed E-state index contributed by atoms with van der Waals surface area (Å²) in [6.45, 7) is 4.31. The van der Waals surface area contributed by atoms with Gasteiger partial charge in [-0.15, -0.1) is 0 Å². The number of rotatable bonds is 2. The molecule has 1 saturated carbocycles. The van der Waals surface area contributed by atoms with E-state index in [1.165, 1.54) is 19.3 Å². The second-order valence-electron chi connectivity index (χ2n) is 5.32. The number of nitrogens with one attached hydrogen (secondary N) is 1. The first-order valence-corrected chi connectivity index (χ1v) is 5.76. The van der Waals surface area contributed by atoms with Crippen LogP contribution >= 0.6 is 0 Å². The van der Waals surface area contributed by atoms with E-state index >= 15 is 0 Å². The van der Waals surface area contributed by atoms with Crippen LogP contribution in [0.2, 0.25) is 0 Å². The minimum atomic E-state index is 0.407. The SMILES string of the molecule is O=C(CC1CC1)N1CC2(CCNC2)C1. The summed E-state index contributed by atoms with van der Waals surface area (Å²) in [5.41, 5.74) is 0.471. The smallest absolute Gasteiger partial charge is 0.222 e. The second-order valence-corrected chi connectivity index (χ2v) is 5.32. The van der Waals surface area contributed by atoms with Gasteiger partial charge in [0.05, 0.1) is 0 Å². The fourth-order valence-electron chi connectivity index (χ4n) is 2.70. The van der Waals surface area contributed by atoms with E-state index in [1.807, 2.05) is 0 Å². The van der Waals surface area contributed by atoms with Gasteiger partial charge in [0.1, 0.15) is 0 Å². The lowest BCUT2D eigenvalue weighted by Gasteiger charge is -2.47. The highest BCUT2D eigenvalue weighted by atomic mass is 16.2. The van der Waals surface area contributed by atoms with E-state index in [9.17, 15) is 4.79 Å². The monoisotopic (exact) mass is 194 g/mol. The van der Waals surface area contributed by atoms with Gasteiger partial charge in [0.25, 0.3) is 0 Å². The molecule has 0 unspecified atom stereocenters. The summed E-state index contributed by atoms with van der Waals surface area (Å²) >= 11 is 0. The van der Waals surface area contributed by atoms with E-state index in [2.05, 4.69) is 10.2 Å². The number of carbonyl (C=O) groups excluding carboxylic acids is 1.